The molecule has 9 heteroatoms. The van der Waals surface area contributed by atoms with Crippen molar-refractivity contribution in [3.05, 3.63) is 54.3 Å². The topological polar surface area (TPSA) is 95.6 Å². The third kappa shape index (κ3) is 4.80. The molecule has 1 aliphatic heterocycles. The number of sulfonamides is 1. The van der Waals surface area contributed by atoms with Gasteiger partial charge in [-0.1, -0.05) is 12.1 Å². The van der Waals surface area contributed by atoms with Crippen molar-refractivity contribution in [2.75, 3.05) is 16.8 Å². The van der Waals surface area contributed by atoms with Gasteiger partial charge in [0, 0.05) is 24.7 Å². The van der Waals surface area contributed by atoms with Gasteiger partial charge in [0.1, 0.15) is 5.82 Å². The number of para-hydroxylation sites is 1. The Kier molecular flexibility index (Phi) is 5.99. The van der Waals surface area contributed by atoms with Gasteiger partial charge in [-0.25, -0.2) is 17.5 Å². The van der Waals surface area contributed by atoms with Gasteiger partial charge in [-0.3, -0.25) is 9.59 Å². The summed E-state index contributed by atoms with van der Waals surface area (Å²) in [6.07, 6.45) is -0.0229. The van der Waals surface area contributed by atoms with Crippen molar-refractivity contribution in [3.63, 3.8) is 0 Å². The summed E-state index contributed by atoms with van der Waals surface area (Å²) < 4.78 is 40.7. The first kappa shape index (κ1) is 20.9. The predicted molar refractivity (Wildman–Crippen MR) is 107 cm³/mol. The first-order chi connectivity index (χ1) is 13.7. The largest absolute Gasteiger partial charge is 0.326 e. The van der Waals surface area contributed by atoms with Crippen LogP contribution in [0.4, 0.5) is 15.8 Å². The zero-order chi connectivity index (χ0) is 21.2. The van der Waals surface area contributed by atoms with E-state index in [1.54, 1.807) is 19.9 Å². The average molecular weight is 419 g/mol. The lowest BCUT2D eigenvalue weighted by molar-refractivity contribution is -0.122. The Hall–Kier alpha value is -2.78. The van der Waals surface area contributed by atoms with E-state index in [0.717, 1.165) is 0 Å². The lowest BCUT2D eigenvalue weighted by Crippen LogP contribution is -2.30. The van der Waals surface area contributed by atoms with Crippen molar-refractivity contribution in [1.29, 1.82) is 0 Å². The summed E-state index contributed by atoms with van der Waals surface area (Å²) >= 11 is 0. The van der Waals surface area contributed by atoms with Crippen LogP contribution in [0.25, 0.3) is 0 Å². The van der Waals surface area contributed by atoms with Crippen LogP contribution in [0.1, 0.15) is 20.3 Å². The molecule has 0 spiro atoms. The van der Waals surface area contributed by atoms with Crippen LogP contribution in [0.2, 0.25) is 0 Å². The number of carbonyl (C=O) groups excluding carboxylic acids is 2. The maximum absolute atomic E-state index is 14.0. The minimum atomic E-state index is -3.62. The summed E-state index contributed by atoms with van der Waals surface area (Å²) in [5.41, 5.74) is 0.565. The molecular formula is C20H22FN3O4S. The Morgan fingerprint density at radius 1 is 1.14 bits per heavy atom. The molecule has 2 aromatic rings. The number of hydrogen-bond donors (Lipinski definition) is 2. The van der Waals surface area contributed by atoms with Crippen molar-refractivity contribution in [2.24, 2.45) is 5.92 Å². The van der Waals surface area contributed by atoms with Gasteiger partial charge in [-0.05, 0) is 50.2 Å². The molecule has 1 atom stereocenters. The molecule has 3 rings (SSSR count). The summed E-state index contributed by atoms with van der Waals surface area (Å²) in [4.78, 5) is 26.1. The quantitative estimate of drug-likeness (QED) is 0.752. The smallest absolute Gasteiger partial charge is 0.240 e. The van der Waals surface area contributed by atoms with Crippen LogP contribution in [0, 0.1) is 11.7 Å². The molecule has 0 aromatic heterocycles. The maximum Gasteiger partial charge on any atom is 0.240 e. The number of hydrogen-bond acceptors (Lipinski definition) is 4. The summed E-state index contributed by atoms with van der Waals surface area (Å²) in [7, 11) is -3.62. The van der Waals surface area contributed by atoms with Crippen LogP contribution in [-0.4, -0.2) is 32.8 Å². The monoisotopic (exact) mass is 419 g/mol. The third-order valence-corrected chi connectivity index (χ3v) is 6.14. The van der Waals surface area contributed by atoms with Crippen molar-refractivity contribution in [1.82, 2.24) is 4.72 Å². The predicted octanol–water partition coefficient (Wildman–Crippen LogP) is 2.50. The van der Waals surface area contributed by atoms with Crippen molar-refractivity contribution in [3.8, 4) is 0 Å². The minimum absolute atomic E-state index is 0.0229. The van der Waals surface area contributed by atoms with Crippen LogP contribution in [-0.2, 0) is 19.6 Å². The Bertz CT molecular complexity index is 1020. The molecule has 0 saturated carbocycles. The molecule has 2 amide bonds. The molecule has 2 N–H and O–H groups in total. The van der Waals surface area contributed by atoms with E-state index in [2.05, 4.69) is 10.0 Å². The zero-order valence-corrected chi connectivity index (χ0v) is 16.9. The molecule has 2 aromatic carbocycles. The highest BCUT2D eigenvalue weighted by molar-refractivity contribution is 7.89. The van der Waals surface area contributed by atoms with Crippen molar-refractivity contribution >= 4 is 33.2 Å². The van der Waals surface area contributed by atoms with Gasteiger partial charge < -0.3 is 10.2 Å². The van der Waals surface area contributed by atoms with Gasteiger partial charge in [0.15, 0.2) is 0 Å². The Balaban J connectivity index is 1.67. The number of carbonyl (C=O) groups is 2. The fraction of sp³-hybridized carbons (Fsp3) is 0.300. The number of benzene rings is 2. The van der Waals surface area contributed by atoms with E-state index in [-0.39, 0.29) is 41.4 Å². The lowest BCUT2D eigenvalue weighted by Gasteiger charge is -2.17. The summed E-state index contributed by atoms with van der Waals surface area (Å²) in [6.45, 7) is 3.52. The first-order valence-electron chi connectivity index (χ1n) is 9.15. The molecule has 29 heavy (non-hydrogen) atoms. The Labute approximate surface area is 169 Å². The van der Waals surface area contributed by atoms with Gasteiger partial charge in [0.05, 0.1) is 16.5 Å². The number of rotatable bonds is 6. The Morgan fingerprint density at radius 2 is 1.79 bits per heavy atom. The van der Waals surface area contributed by atoms with E-state index in [9.17, 15) is 22.4 Å². The van der Waals surface area contributed by atoms with Crippen LogP contribution < -0.4 is 14.9 Å². The molecule has 0 unspecified atom stereocenters. The molecule has 0 aliphatic carbocycles. The van der Waals surface area contributed by atoms with Crippen molar-refractivity contribution in [2.45, 2.75) is 31.2 Å². The summed E-state index contributed by atoms with van der Waals surface area (Å²) in [5, 5.41) is 2.68. The van der Waals surface area contributed by atoms with Crippen LogP contribution in [0.15, 0.2) is 53.4 Å². The second kappa shape index (κ2) is 8.30. The van der Waals surface area contributed by atoms with E-state index >= 15 is 0 Å². The summed E-state index contributed by atoms with van der Waals surface area (Å²) in [5.74, 6) is -1.86. The number of halogens is 1. The minimum Gasteiger partial charge on any atom is -0.326 e. The van der Waals surface area contributed by atoms with Crippen LogP contribution in [0.5, 0.6) is 0 Å². The molecule has 0 radical (unpaired) electrons. The average Bonchev–Trinajstić information content (AvgIpc) is 3.03. The molecule has 1 saturated heterocycles. The number of anilines is 2. The Morgan fingerprint density at radius 3 is 2.41 bits per heavy atom. The van der Waals surface area contributed by atoms with E-state index in [4.69, 9.17) is 0 Å². The van der Waals surface area contributed by atoms with Gasteiger partial charge >= 0.3 is 0 Å². The van der Waals surface area contributed by atoms with Crippen LogP contribution >= 0.6 is 0 Å². The number of amides is 2. The molecular weight excluding hydrogens is 397 g/mol. The van der Waals surface area contributed by atoms with Crippen molar-refractivity contribution < 1.29 is 22.4 Å². The second-order valence-electron chi connectivity index (χ2n) is 7.15. The standard InChI is InChI=1S/C20H22FN3O4S/c1-13(2)23-29(27,28)16-9-7-15(8-10-16)22-20(26)14-11-19(25)24(12-14)18-6-4-3-5-17(18)21/h3-10,13-14,23H,11-12H2,1-2H3,(H,22,26)/t14-/m0/s1. The SMILES string of the molecule is CC(C)NS(=O)(=O)c1ccc(NC(=O)[C@H]2CC(=O)N(c3ccccc3F)C2)cc1. The van der Waals surface area contributed by atoms with E-state index in [0.29, 0.717) is 5.69 Å². The third-order valence-electron chi connectivity index (χ3n) is 4.46. The van der Waals surface area contributed by atoms with E-state index in [1.807, 2.05) is 0 Å². The van der Waals surface area contributed by atoms with E-state index in [1.165, 1.54) is 47.4 Å². The maximum atomic E-state index is 14.0. The molecule has 1 aliphatic rings. The lowest BCUT2D eigenvalue weighted by atomic mass is 10.1. The fourth-order valence-corrected chi connectivity index (χ4v) is 4.38. The summed E-state index contributed by atoms with van der Waals surface area (Å²) in [6, 6.07) is 11.4. The highest BCUT2D eigenvalue weighted by atomic mass is 32.2. The van der Waals surface area contributed by atoms with Gasteiger partial charge in [0.25, 0.3) is 0 Å². The second-order valence-corrected chi connectivity index (χ2v) is 8.86. The normalized spacial score (nSPS) is 17.0. The molecule has 0 bridgehead atoms. The molecule has 7 nitrogen and oxygen atoms in total. The highest BCUT2D eigenvalue weighted by Crippen LogP contribution is 2.28. The first-order valence-corrected chi connectivity index (χ1v) is 10.6. The molecule has 154 valence electrons. The molecule has 1 fully saturated rings. The number of nitrogens with one attached hydrogen (secondary N) is 2. The van der Waals surface area contributed by atoms with Crippen LogP contribution in [0.3, 0.4) is 0 Å². The van der Waals surface area contributed by atoms with E-state index < -0.39 is 21.8 Å². The fourth-order valence-electron chi connectivity index (χ4n) is 3.13. The number of nitrogens with zero attached hydrogens (tertiary/aromatic N) is 1. The van der Waals surface area contributed by atoms with Gasteiger partial charge in [-0.15, -0.1) is 0 Å². The highest BCUT2D eigenvalue weighted by Gasteiger charge is 2.36. The van der Waals surface area contributed by atoms with Gasteiger partial charge in [-0.2, -0.15) is 0 Å². The van der Waals surface area contributed by atoms with Gasteiger partial charge in [0.2, 0.25) is 21.8 Å². The zero-order valence-electron chi connectivity index (χ0n) is 16.1. The molecule has 1 heterocycles.